The molecule has 0 aliphatic heterocycles. The number of nitrogens with one attached hydrogen (secondary N) is 1. The number of hydrogen-bond donors (Lipinski definition) is 1. The van der Waals surface area contributed by atoms with Gasteiger partial charge in [-0.05, 0) is 36.4 Å². The van der Waals surface area contributed by atoms with Gasteiger partial charge in [0, 0.05) is 22.4 Å². The Morgan fingerprint density at radius 3 is 2.65 bits per heavy atom. The Bertz CT molecular complexity index is 825. The number of pyridine rings is 1. The second-order valence-corrected chi connectivity index (χ2v) is 6.87. The van der Waals surface area contributed by atoms with Gasteiger partial charge >= 0.3 is 0 Å². The summed E-state index contributed by atoms with van der Waals surface area (Å²) >= 11 is 1.63. The highest BCUT2D eigenvalue weighted by atomic mass is 32.1. The van der Waals surface area contributed by atoms with Gasteiger partial charge < -0.3 is 5.32 Å². The Balaban J connectivity index is 2.09. The maximum Gasteiger partial charge on any atom is 0.252 e. The Labute approximate surface area is 140 Å². The lowest BCUT2D eigenvalue weighted by atomic mass is 10.0. The number of carbonyl (C=O) groups is 1. The standard InChI is InChI=1S/C19H20N2OS/c1-12(2)13(3)20-19(22)16-10-18(14-8-9-23-11-14)21-17-7-5-4-6-15(16)17/h4-13H,1-3H3,(H,20,22). The molecule has 0 aliphatic carbocycles. The second kappa shape index (κ2) is 6.50. The van der Waals surface area contributed by atoms with E-state index in [0.29, 0.717) is 11.5 Å². The van der Waals surface area contributed by atoms with Crippen molar-refractivity contribution < 1.29 is 4.79 Å². The normalized spacial score (nSPS) is 12.5. The van der Waals surface area contributed by atoms with Gasteiger partial charge in [-0.2, -0.15) is 11.3 Å². The van der Waals surface area contributed by atoms with Crippen LogP contribution >= 0.6 is 11.3 Å². The number of rotatable bonds is 4. The molecule has 0 fully saturated rings. The van der Waals surface area contributed by atoms with Crippen molar-refractivity contribution in [3.63, 3.8) is 0 Å². The minimum atomic E-state index is -0.0405. The Hall–Kier alpha value is -2.20. The molecule has 3 nitrogen and oxygen atoms in total. The SMILES string of the molecule is CC(C)C(C)NC(=O)c1cc(-c2ccsc2)nc2ccccc12. The molecule has 0 saturated carbocycles. The van der Waals surface area contributed by atoms with Crippen LogP contribution in [0.2, 0.25) is 0 Å². The number of carbonyl (C=O) groups excluding carboxylic acids is 1. The summed E-state index contributed by atoms with van der Waals surface area (Å²) in [7, 11) is 0. The van der Waals surface area contributed by atoms with Crippen molar-refractivity contribution in [3.05, 3.63) is 52.7 Å². The summed E-state index contributed by atoms with van der Waals surface area (Å²) in [5, 5.41) is 8.06. The monoisotopic (exact) mass is 324 g/mol. The molecule has 2 heterocycles. The molecule has 1 N–H and O–H groups in total. The number of fused-ring (bicyclic) bond motifs is 1. The van der Waals surface area contributed by atoms with Crippen LogP contribution < -0.4 is 5.32 Å². The average Bonchev–Trinajstić information content (AvgIpc) is 3.08. The number of nitrogens with zero attached hydrogens (tertiary/aromatic N) is 1. The number of amides is 1. The van der Waals surface area contributed by atoms with Crippen molar-refractivity contribution in [2.45, 2.75) is 26.8 Å². The molecular weight excluding hydrogens is 304 g/mol. The predicted molar refractivity (Wildman–Crippen MR) is 96.8 cm³/mol. The molecule has 118 valence electrons. The third-order valence-corrected chi connectivity index (χ3v) is 4.82. The number of para-hydroxylation sites is 1. The lowest BCUT2D eigenvalue weighted by molar-refractivity contribution is 0.0932. The highest BCUT2D eigenvalue weighted by Gasteiger charge is 2.17. The summed E-state index contributed by atoms with van der Waals surface area (Å²) in [6.07, 6.45) is 0. The second-order valence-electron chi connectivity index (χ2n) is 6.09. The highest BCUT2D eigenvalue weighted by molar-refractivity contribution is 7.08. The van der Waals surface area contributed by atoms with E-state index in [1.165, 1.54) is 0 Å². The smallest absolute Gasteiger partial charge is 0.252 e. The van der Waals surface area contributed by atoms with Gasteiger partial charge in [0.15, 0.2) is 0 Å². The van der Waals surface area contributed by atoms with Gasteiger partial charge in [-0.1, -0.05) is 32.0 Å². The minimum Gasteiger partial charge on any atom is -0.349 e. The van der Waals surface area contributed by atoms with E-state index in [0.717, 1.165) is 22.2 Å². The molecule has 1 atom stereocenters. The summed E-state index contributed by atoms with van der Waals surface area (Å²) in [4.78, 5) is 17.5. The fourth-order valence-electron chi connectivity index (χ4n) is 2.37. The zero-order valence-electron chi connectivity index (χ0n) is 13.5. The molecule has 3 aromatic rings. The third-order valence-electron chi connectivity index (χ3n) is 4.14. The van der Waals surface area contributed by atoms with Crippen LogP contribution in [0.25, 0.3) is 22.2 Å². The molecule has 2 aromatic heterocycles. The van der Waals surface area contributed by atoms with E-state index in [2.05, 4.69) is 24.5 Å². The van der Waals surface area contributed by atoms with Gasteiger partial charge in [-0.3, -0.25) is 4.79 Å². The largest absolute Gasteiger partial charge is 0.349 e. The minimum absolute atomic E-state index is 0.0405. The fraction of sp³-hybridized carbons (Fsp3) is 0.263. The number of hydrogen-bond acceptors (Lipinski definition) is 3. The maximum atomic E-state index is 12.8. The summed E-state index contributed by atoms with van der Waals surface area (Å²) in [5.41, 5.74) is 3.42. The highest BCUT2D eigenvalue weighted by Crippen LogP contribution is 2.26. The first-order chi connectivity index (χ1) is 11.1. The first-order valence-electron chi connectivity index (χ1n) is 7.79. The van der Waals surface area contributed by atoms with E-state index in [4.69, 9.17) is 4.98 Å². The number of benzene rings is 1. The molecule has 0 spiro atoms. The summed E-state index contributed by atoms with van der Waals surface area (Å²) in [5.74, 6) is 0.352. The van der Waals surface area contributed by atoms with Crippen molar-refractivity contribution in [3.8, 4) is 11.3 Å². The molecule has 1 aromatic carbocycles. The summed E-state index contributed by atoms with van der Waals surface area (Å²) < 4.78 is 0. The number of thiophene rings is 1. The van der Waals surface area contributed by atoms with Crippen LogP contribution in [0.3, 0.4) is 0 Å². The van der Waals surface area contributed by atoms with Crippen LogP contribution in [-0.2, 0) is 0 Å². The van der Waals surface area contributed by atoms with Crippen molar-refractivity contribution in [2.75, 3.05) is 0 Å². The zero-order chi connectivity index (χ0) is 16.4. The summed E-state index contributed by atoms with van der Waals surface area (Å²) in [6, 6.07) is 11.8. The van der Waals surface area contributed by atoms with Crippen molar-refractivity contribution in [1.29, 1.82) is 0 Å². The van der Waals surface area contributed by atoms with E-state index in [9.17, 15) is 4.79 Å². The molecule has 0 aliphatic rings. The van der Waals surface area contributed by atoms with Crippen LogP contribution in [0.1, 0.15) is 31.1 Å². The Morgan fingerprint density at radius 2 is 1.96 bits per heavy atom. The molecule has 0 radical (unpaired) electrons. The fourth-order valence-corrected chi connectivity index (χ4v) is 3.02. The molecular formula is C19H20N2OS. The van der Waals surface area contributed by atoms with E-state index in [1.54, 1.807) is 11.3 Å². The van der Waals surface area contributed by atoms with Crippen LogP contribution in [0, 0.1) is 5.92 Å². The molecule has 4 heteroatoms. The first kappa shape index (κ1) is 15.7. The first-order valence-corrected chi connectivity index (χ1v) is 8.73. The van der Waals surface area contributed by atoms with E-state index in [-0.39, 0.29) is 11.9 Å². The molecule has 23 heavy (non-hydrogen) atoms. The van der Waals surface area contributed by atoms with Gasteiger partial charge in [0.1, 0.15) is 0 Å². The average molecular weight is 324 g/mol. The van der Waals surface area contributed by atoms with Crippen LogP contribution in [-0.4, -0.2) is 16.9 Å². The predicted octanol–water partition coefficient (Wildman–Crippen LogP) is 4.74. The Morgan fingerprint density at radius 1 is 1.17 bits per heavy atom. The van der Waals surface area contributed by atoms with Gasteiger partial charge in [-0.15, -0.1) is 0 Å². The van der Waals surface area contributed by atoms with E-state index in [1.807, 2.05) is 48.7 Å². The molecule has 3 rings (SSSR count). The van der Waals surface area contributed by atoms with Crippen molar-refractivity contribution in [2.24, 2.45) is 5.92 Å². The number of aromatic nitrogens is 1. The lowest BCUT2D eigenvalue weighted by Gasteiger charge is -2.18. The molecule has 1 amide bonds. The van der Waals surface area contributed by atoms with Crippen molar-refractivity contribution >= 4 is 28.1 Å². The van der Waals surface area contributed by atoms with Gasteiger partial charge in [0.05, 0.1) is 16.8 Å². The molecule has 0 bridgehead atoms. The lowest BCUT2D eigenvalue weighted by Crippen LogP contribution is -2.36. The van der Waals surface area contributed by atoms with Crippen LogP contribution in [0.15, 0.2) is 47.2 Å². The molecule has 1 unspecified atom stereocenters. The maximum absolute atomic E-state index is 12.8. The van der Waals surface area contributed by atoms with Gasteiger partial charge in [-0.25, -0.2) is 4.98 Å². The van der Waals surface area contributed by atoms with E-state index < -0.39 is 0 Å². The molecule has 0 saturated heterocycles. The Kier molecular flexibility index (Phi) is 4.44. The zero-order valence-corrected chi connectivity index (χ0v) is 14.4. The van der Waals surface area contributed by atoms with Crippen LogP contribution in [0.4, 0.5) is 0 Å². The van der Waals surface area contributed by atoms with Gasteiger partial charge in [0.25, 0.3) is 5.91 Å². The third kappa shape index (κ3) is 3.27. The van der Waals surface area contributed by atoms with Crippen molar-refractivity contribution in [1.82, 2.24) is 10.3 Å². The van der Waals surface area contributed by atoms with E-state index >= 15 is 0 Å². The topological polar surface area (TPSA) is 42.0 Å². The quantitative estimate of drug-likeness (QED) is 0.753. The summed E-state index contributed by atoms with van der Waals surface area (Å²) in [6.45, 7) is 6.24. The van der Waals surface area contributed by atoms with Crippen LogP contribution in [0.5, 0.6) is 0 Å². The van der Waals surface area contributed by atoms with Gasteiger partial charge in [0.2, 0.25) is 0 Å².